The normalized spacial score (nSPS) is 11.6. The molecule has 0 radical (unpaired) electrons. The molecule has 0 aliphatic heterocycles. The zero-order chi connectivity index (χ0) is 26.5. The summed E-state index contributed by atoms with van der Waals surface area (Å²) in [6, 6.07) is 16.6. The van der Waals surface area contributed by atoms with Gasteiger partial charge in [0.05, 0.1) is 16.5 Å². The second kappa shape index (κ2) is 10.8. The molecule has 0 fully saturated rings. The third-order valence-corrected chi connectivity index (χ3v) is 7.85. The molecule has 0 aliphatic carbocycles. The number of carboxylic acids is 1. The van der Waals surface area contributed by atoms with Crippen molar-refractivity contribution in [3.63, 3.8) is 0 Å². The number of hydrogen-bond donors (Lipinski definition) is 4. The Balaban J connectivity index is 1.89. The number of nitrogens with one attached hydrogen (secondary N) is 2. The van der Waals surface area contributed by atoms with Gasteiger partial charge in [0, 0.05) is 24.1 Å². The molecule has 0 spiro atoms. The molecule has 0 amide bonds. The fraction of sp³-hybridized carbons (Fsp3) is 0.167. The van der Waals surface area contributed by atoms with Crippen LogP contribution in [0.15, 0.2) is 70.5 Å². The van der Waals surface area contributed by atoms with Crippen molar-refractivity contribution in [3.05, 3.63) is 71.8 Å². The zero-order valence-corrected chi connectivity index (χ0v) is 20.7. The molecule has 0 saturated carbocycles. The van der Waals surface area contributed by atoms with Crippen LogP contribution in [0.2, 0.25) is 0 Å². The Labute approximate surface area is 208 Å². The number of nitrogens with zero attached hydrogens (tertiary/aromatic N) is 1. The van der Waals surface area contributed by atoms with E-state index in [4.69, 9.17) is 10.4 Å². The molecule has 0 heterocycles. The fourth-order valence-electron chi connectivity index (χ4n) is 3.52. The van der Waals surface area contributed by atoms with Crippen LogP contribution in [0.3, 0.4) is 0 Å². The molecule has 0 unspecified atom stereocenters. The van der Waals surface area contributed by atoms with E-state index in [1.54, 1.807) is 36.4 Å². The quantitative estimate of drug-likeness (QED) is 0.307. The first kappa shape index (κ1) is 26.7. The van der Waals surface area contributed by atoms with Crippen LogP contribution in [0.1, 0.15) is 11.1 Å². The number of anilines is 1. The molecule has 0 atom stereocenters. The number of carboxylic acid groups (broad SMARTS) is 1. The minimum absolute atomic E-state index is 0.0679. The van der Waals surface area contributed by atoms with Gasteiger partial charge >= 0.3 is 5.97 Å². The topological polar surface area (TPSA) is 174 Å². The highest BCUT2D eigenvalue weighted by molar-refractivity contribution is 7.91. The van der Waals surface area contributed by atoms with E-state index in [9.17, 15) is 26.7 Å². The summed E-state index contributed by atoms with van der Waals surface area (Å²) in [6.07, 6.45) is 1.24. The first-order chi connectivity index (χ1) is 16.9. The van der Waals surface area contributed by atoms with Crippen LogP contribution in [-0.4, -0.2) is 52.4 Å². The number of sulfonamides is 1. The van der Waals surface area contributed by atoms with Crippen LogP contribution in [0.5, 0.6) is 5.75 Å². The average Bonchev–Trinajstić information content (AvgIpc) is 2.82. The van der Waals surface area contributed by atoms with Crippen molar-refractivity contribution in [3.8, 4) is 22.9 Å². The molecule has 0 aliphatic rings. The van der Waals surface area contributed by atoms with Gasteiger partial charge in [-0.2, -0.15) is 5.26 Å². The summed E-state index contributed by atoms with van der Waals surface area (Å²) < 4.78 is 52.1. The number of benzene rings is 3. The van der Waals surface area contributed by atoms with Crippen LogP contribution in [0.4, 0.5) is 5.69 Å². The van der Waals surface area contributed by atoms with Crippen molar-refractivity contribution in [2.24, 2.45) is 0 Å². The fourth-order valence-corrected chi connectivity index (χ4v) is 5.59. The lowest BCUT2D eigenvalue weighted by molar-refractivity contribution is -0.134. The van der Waals surface area contributed by atoms with Gasteiger partial charge in [0.15, 0.2) is 9.84 Å². The van der Waals surface area contributed by atoms with E-state index in [0.717, 1.165) is 18.4 Å². The number of sulfone groups is 1. The molecule has 3 aromatic rings. The Kier molecular flexibility index (Phi) is 7.99. The van der Waals surface area contributed by atoms with E-state index in [1.165, 1.54) is 12.1 Å². The number of aromatic hydroxyl groups is 1. The van der Waals surface area contributed by atoms with E-state index >= 15 is 0 Å². The summed E-state index contributed by atoms with van der Waals surface area (Å²) in [5.41, 5.74) is 2.02. The molecule has 4 N–H and O–H groups in total. The molecule has 188 valence electrons. The highest BCUT2D eigenvalue weighted by Crippen LogP contribution is 2.31. The van der Waals surface area contributed by atoms with Crippen LogP contribution in [0.25, 0.3) is 11.1 Å². The van der Waals surface area contributed by atoms with E-state index in [2.05, 4.69) is 10.0 Å². The Morgan fingerprint density at radius 2 is 1.72 bits per heavy atom. The molecule has 3 aromatic carbocycles. The van der Waals surface area contributed by atoms with Crippen LogP contribution in [0, 0.1) is 11.3 Å². The highest BCUT2D eigenvalue weighted by atomic mass is 32.2. The Bertz CT molecular complexity index is 1560. The third kappa shape index (κ3) is 6.39. The van der Waals surface area contributed by atoms with Crippen molar-refractivity contribution >= 4 is 31.5 Å². The van der Waals surface area contributed by atoms with E-state index in [-0.39, 0.29) is 23.4 Å². The molecule has 0 bridgehead atoms. The van der Waals surface area contributed by atoms with Crippen molar-refractivity contribution in [2.45, 2.75) is 16.2 Å². The molecule has 12 heteroatoms. The summed E-state index contributed by atoms with van der Waals surface area (Å²) in [4.78, 5) is 10.8. The number of hydrogen-bond acceptors (Lipinski definition) is 8. The van der Waals surface area contributed by atoms with Gasteiger partial charge in [-0.15, -0.1) is 0 Å². The predicted octanol–water partition coefficient (Wildman–Crippen LogP) is 2.35. The number of rotatable bonds is 10. The predicted molar refractivity (Wildman–Crippen MR) is 133 cm³/mol. The number of phenols is 1. The van der Waals surface area contributed by atoms with E-state index in [0.29, 0.717) is 22.4 Å². The monoisotopic (exact) mass is 529 g/mol. The lowest BCUT2D eigenvalue weighted by Gasteiger charge is -2.15. The molecule has 0 saturated heterocycles. The largest absolute Gasteiger partial charge is 0.507 e. The summed E-state index contributed by atoms with van der Waals surface area (Å²) in [5.74, 6) is -1.62. The maximum atomic E-state index is 12.7. The lowest BCUT2D eigenvalue weighted by atomic mass is 10.0. The summed E-state index contributed by atoms with van der Waals surface area (Å²) in [5, 5.41) is 30.8. The standard InChI is InChI=1S/C24H23N3O7S2/c1-35(31,32)22-5-3-2-4-19(22)18-8-7-17(20(13-18)26-15-24(29)30)10-11-27-36(33,34)23-12-16(14-25)6-9-21(23)28/h2-9,12-13,26-28H,10-11,15H2,1H3,(H,29,30). The minimum atomic E-state index is -4.14. The molecular formula is C24H23N3O7S2. The Morgan fingerprint density at radius 1 is 1.00 bits per heavy atom. The summed E-state index contributed by atoms with van der Waals surface area (Å²) >= 11 is 0. The van der Waals surface area contributed by atoms with Gasteiger partial charge in [-0.25, -0.2) is 21.6 Å². The van der Waals surface area contributed by atoms with Crippen molar-refractivity contribution < 1.29 is 31.8 Å². The van der Waals surface area contributed by atoms with Crippen molar-refractivity contribution in [1.29, 1.82) is 5.26 Å². The van der Waals surface area contributed by atoms with Crippen molar-refractivity contribution in [2.75, 3.05) is 24.7 Å². The van der Waals surface area contributed by atoms with Crippen LogP contribution < -0.4 is 10.0 Å². The molecule has 3 rings (SSSR count). The number of nitriles is 1. The van der Waals surface area contributed by atoms with Crippen LogP contribution >= 0.6 is 0 Å². The lowest BCUT2D eigenvalue weighted by Crippen LogP contribution is -2.26. The minimum Gasteiger partial charge on any atom is -0.507 e. The number of carbonyl (C=O) groups is 1. The second-order valence-corrected chi connectivity index (χ2v) is 11.5. The number of aliphatic carboxylic acids is 1. The van der Waals surface area contributed by atoms with Crippen LogP contribution in [-0.2, 0) is 31.1 Å². The van der Waals surface area contributed by atoms with E-state index < -0.39 is 43.0 Å². The van der Waals surface area contributed by atoms with Gasteiger partial charge in [-0.05, 0) is 47.9 Å². The highest BCUT2D eigenvalue weighted by Gasteiger charge is 2.20. The zero-order valence-electron chi connectivity index (χ0n) is 19.1. The SMILES string of the molecule is CS(=O)(=O)c1ccccc1-c1ccc(CCNS(=O)(=O)c2cc(C#N)ccc2O)c(NCC(=O)O)c1. The number of phenolic OH excluding ortho intramolecular Hbond substituents is 1. The molecule has 10 nitrogen and oxygen atoms in total. The first-order valence-electron chi connectivity index (χ1n) is 10.5. The maximum absolute atomic E-state index is 12.7. The van der Waals surface area contributed by atoms with Gasteiger partial charge in [-0.3, -0.25) is 4.79 Å². The van der Waals surface area contributed by atoms with E-state index in [1.807, 2.05) is 6.07 Å². The summed E-state index contributed by atoms with van der Waals surface area (Å²) in [7, 11) is -7.67. The Hall–Kier alpha value is -3.92. The average molecular weight is 530 g/mol. The molecule has 0 aromatic heterocycles. The summed E-state index contributed by atoms with van der Waals surface area (Å²) in [6.45, 7) is -0.510. The van der Waals surface area contributed by atoms with Gasteiger partial charge in [0.2, 0.25) is 10.0 Å². The second-order valence-electron chi connectivity index (χ2n) is 7.83. The van der Waals surface area contributed by atoms with Gasteiger partial charge < -0.3 is 15.5 Å². The maximum Gasteiger partial charge on any atom is 0.322 e. The molecular weight excluding hydrogens is 506 g/mol. The van der Waals surface area contributed by atoms with Crippen molar-refractivity contribution in [1.82, 2.24) is 4.72 Å². The first-order valence-corrected chi connectivity index (χ1v) is 13.9. The Morgan fingerprint density at radius 3 is 2.39 bits per heavy atom. The van der Waals surface area contributed by atoms with Gasteiger partial charge in [0.25, 0.3) is 0 Å². The third-order valence-electron chi connectivity index (χ3n) is 5.20. The van der Waals surface area contributed by atoms with Gasteiger partial charge in [-0.1, -0.05) is 30.3 Å². The van der Waals surface area contributed by atoms with Gasteiger partial charge in [0.1, 0.15) is 17.2 Å². The molecule has 36 heavy (non-hydrogen) atoms. The smallest absolute Gasteiger partial charge is 0.322 e.